The molecule has 0 aliphatic rings. The molecule has 2 unspecified atom stereocenters. The lowest BCUT2D eigenvalue weighted by atomic mass is 10.0. The first-order valence-electron chi connectivity index (χ1n) is 4.56. The number of hydrogen-bond donors (Lipinski definition) is 3. The van der Waals surface area contributed by atoms with Gasteiger partial charge in [-0.2, -0.15) is 18.4 Å². The zero-order chi connectivity index (χ0) is 13.3. The number of nitrogens with zero attached hydrogens (tertiary/aromatic N) is 3. The minimum Gasteiger partial charge on any atom is -0.344 e. The van der Waals surface area contributed by atoms with Crippen molar-refractivity contribution in [2.45, 2.75) is 31.6 Å². The molecular weight excluding hydrogens is 241 g/mol. The Morgan fingerprint density at radius 3 is 2.53 bits per heavy atom. The van der Waals surface area contributed by atoms with Crippen LogP contribution in [0.2, 0.25) is 0 Å². The Hall–Kier alpha value is -1.71. The van der Waals surface area contributed by atoms with Gasteiger partial charge in [0.1, 0.15) is 0 Å². The highest BCUT2D eigenvalue weighted by Gasteiger charge is 2.54. The van der Waals surface area contributed by atoms with Crippen LogP contribution in [0.5, 0.6) is 0 Å². The van der Waals surface area contributed by atoms with Crippen LogP contribution in [0.3, 0.4) is 0 Å². The second kappa shape index (κ2) is 4.28. The summed E-state index contributed by atoms with van der Waals surface area (Å²) in [6, 6.07) is -0.827. The third kappa shape index (κ3) is 2.70. The van der Waals surface area contributed by atoms with E-state index in [0.29, 0.717) is 6.92 Å². The fraction of sp³-hybridized carbons (Fsp3) is 0.714. The molecular formula is C7H11F3N6O. The lowest BCUT2D eigenvalue weighted by molar-refractivity contribution is -0.187. The molecule has 0 saturated heterocycles. The summed E-state index contributed by atoms with van der Waals surface area (Å²) in [4.78, 5) is 11.4. The number of alkyl halides is 3. The van der Waals surface area contributed by atoms with Crippen molar-refractivity contribution in [3.05, 3.63) is 5.82 Å². The average molecular weight is 252 g/mol. The van der Waals surface area contributed by atoms with Gasteiger partial charge in [-0.15, -0.1) is 10.2 Å². The van der Waals surface area contributed by atoms with Crippen molar-refractivity contribution in [1.82, 2.24) is 25.9 Å². The molecule has 1 aromatic heterocycles. The van der Waals surface area contributed by atoms with Crippen LogP contribution in [-0.2, 0) is 4.79 Å². The number of H-pyrrole nitrogens is 1. The molecule has 0 aliphatic heterocycles. The number of carbonyl (C=O) groups is 1. The Morgan fingerprint density at radius 2 is 2.12 bits per heavy atom. The molecule has 0 spiro atoms. The van der Waals surface area contributed by atoms with Crippen LogP contribution < -0.4 is 11.1 Å². The molecule has 2 atom stereocenters. The molecule has 1 aromatic rings. The zero-order valence-electron chi connectivity index (χ0n) is 9.04. The van der Waals surface area contributed by atoms with E-state index in [2.05, 4.69) is 25.9 Å². The maximum Gasteiger partial charge on any atom is 0.415 e. The lowest BCUT2D eigenvalue weighted by Gasteiger charge is -2.27. The highest BCUT2D eigenvalue weighted by atomic mass is 19.4. The molecule has 7 nitrogen and oxygen atoms in total. The summed E-state index contributed by atoms with van der Waals surface area (Å²) in [5.74, 6) is -1.29. The molecule has 0 aliphatic carbocycles. The number of halogens is 3. The van der Waals surface area contributed by atoms with Crippen molar-refractivity contribution in [3.63, 3.8) is 0 Å². The first kappa shape index (κ1) is 13.4. The van der Waals surface area contributed by atoms with Crippen LogP contribution in [-0.4, -0.2) is 38.2 Å². The van der Waals surface area contributed by atoms with Gasteiger partial charge in [-0.1, -0.05) is 5.21 Å². The summed E-state index contributed by atoms with van der Waals surface area (Å²) in [5, 5.41) is 14.5. The van der Waals surface area contributed by atoms with Gasteiger partial charge in [-0.05, 0) is 13.8 Å². The van der Waals surface area contributed by atoms with Crippen molar-refractivity contribution in [1.29, 1.82) is 0 Å². The first-order chi connectivity index (χ1) is 7.66. The van der Waals surface area contributed by atoms with Gasteiger partial charge in [-0.3, -0.25) is 4.79 Å². The van der Waals surface area contributed by atoms with Crippen molar-refractivity contribution in [3.8, 4) is 0 Å². The van der Waals surface area contributed by atoms with E-state index in [0.717, 1.165) is 0 Å². The molecule has 96 valence electrons. The molecule has 0 aromatic carbocycles. The molecule has 10 heteroatoms. The van der Waals surface area contributed by atoms with Crippen molar-refractivity contribution >= 4 is 5.91 Å². The summed E-state index contributed by atoms with van der Waals surface area (Å²) < 4.78 is 37.3. The van der Waals surface area contributed by atoms with Crippen LogP contribution in [0.1, 0.15) is 25.7 Å². The van der Waals surface area contributed by atoms with Gasteiger partial charge >= 0.3 is 6.18 Å². The molecule has 0 fully saturated rings. The number of nitrogens with two attached hydrogens (primary N) is 1. The number of rotatable bonds is 3. The molecule has 0 radical (unpaired) electrons. The SMILES string of the molecule is CC(NC(=O)C(C)(N)C(F)(F)F)c1nn[nH]n1. The maximum absolute atomic E-state index is 12.4. The van der Waals surface area contributed by atoms with E-state index in [1.54, 1.807) is 0 Å². The van der Waals surface area contributed by atoms with Crippen LogP contribution in [0.4, 0.5) is 13.2 Å². The summed E-state index contributed by atoms with van der Waals surface area (Å²) in [7, 11) is 0. The number of amides is 1. The van der Waals surface area contributed by atoms with Gasteiger partial charge < -0.3 is 11.1 Å². The topological polar surface area (TPSA) is 110 Å². The quantitative estimate of drug-likeness (QED) is 0.681. The molecule has 0 bridgehead atoms. The third-order valence-electron chi connectivity index (χ3n) is 2.16. The van der Waals surface area contributed by atoms with Crippen molar-refractivity contribution in [2.75, 3.05) is 0 Å². The van der Waals surface area contributed by atoms with Gasteiger partial charge in [0.25, 0.3) is 0 Å². The van der Waals surface area contributed by atoms with E-state index in [9.17, 15) is 18.0 Å². The molecule has 0 saturated carbocycles. The van der Waals surface area contributed by atoms with Crippen LogP contribution in [0, 0.1) is 0 Å². The van der Waals surface area contributed by atoms with E-state index in [-0.39, 0.29) is 5.82 Å². The fourth-order valence-electron chi connectivity index (χ4n) is 0.893. The highest BCUT2D eigenvalue weighted by Crippen LogP contribution is 2.28. The van der Waals surface area contributed by atoms with E-state index in [1.807, 2.05) is 0 Å². The number of aromatic nitrogens is 4. The van der Waals surface area contributed by atoms with Gasteiger partial charge in [-0.25, -0.2) is 0 Å². The summed E-state index contributed by atoms with van der Waals surface area (Å²) in [6.07, 6.45) is -4.84. The summed E-state index contributed by atoms with van der Waals surface area (Å²) in [5.41, 5.74) is 1.97. The Bertz CT molecular complexity index is 387. The normalized spacial score (nSPS) is 17.3. The minimum absolute atomic E-state index is 0.0660. The Kier molecular flexibility index (Phi) is 3.36. The van der Waals surface area contributed by atoms with Gasteiger partial charge in [0.05, 0.1) is 6.04 Å². The number of aromatic amines is 1. The Morgan fingerprint density at radius 1 is 1.53 bits per heavy atom. The van der Waals surface area contributed by atoms with Crippen molar-refractivity contribution in [2.24, 2.45) is 5.73 Å². The Labute approximate surface area is 93.9 Å². The lowest BCUT2D eigenvalue weighted by Crippen LogP contribution is -2.61. The zero-order valence-corrected chi connectivity index (χ0v) is 9.04. The predicted octanol–water partition coefficient (Wildman–Crippen LogP) is -0.343. The standard InChI is InChI=1S/C7H11F3N6O/c1-3(4-13-15-16-14-4)12-5(17)6(2,11)7(8,9)10/h3H,11H2,1-2H3,(H,12,17)(H,13,14,15,16). The molecule has 17 heavy (non-hydrogen) atoms. The van der Waals surface area contributed by atoms with Crippen LogP contribution in [0.15, 0.2) is 0 Å². The number of tetrazole rings is 1. The third-order valence-corrected chi connectivity index (χ3v) is 2.16. The van der Waals surface area contributed by atoms with Crippen LogP contribution in [0.25, 0.3) is 0 Å². The molecule has 1 heterocycles. The second-order valence-electron chi connectivity index (χ2n) is 3.67. The van der Waals surface area contributed by atoms with Gasteiger partial charge in [0.15, 0.2) is 11.4 Å². The summed E-state index contributed by atoms with van der Waals surface area (Å²) >= 11 is 0. The molecule has 4 N–H and O–H groups in total. The van der Waals surface area contributed by atoms with Gasteiger partial charge in [0.2, 0.25) is 5.91 Å². The maximum atomic E-state index is 12.4. The van der Waals surface area contributed by atoms with Crippen LogP contribution >= 0.6 is 0 Å². The number of nitrogens with one attached hydrogen (secondary N) is 2. The fourth-order valence-corrected chi connectivity index (χ4v) is 0.893. The smallest absolute Gasteiger partial charge is 0.344 e. The number of hydrogen-bond acceptors (Lipinski definition) is 5. The van der Waals surface area contributed by atoms with Gasteiger partial charge in [0, 0.05) is 0 Å². The molecule has 1 rings (SSSR count). The van der Waals surface area contributed by atoms with E-state index in [4.69, 9.17) is 5.73 Å². The molecule has 1 amide bonds. The van der Waals surface area contributed by atoms with Crippen molar-refractivity contribution < 1.29 is 18.0 Å². The van der Waals surface area contributed by atoms with E-state index < -0.39 is 23.7 Å². The Balaban J connectivity index is 2.73. The van der Waals surface area contributed by atoms with E-state index in [1.165, 1.54) is 6.92 Å². The monoisotopic (exact) mass is 252 g/mol. The average Bonchev–Trinajstić information content (AvgIpc) is 2.68. The minimum atomic E-state index is -4.84. The summed E-state index contributed by atoms with van der Waals surface area (Å²) in [6.45, 7) is 2.00. The first-order valence-corrected chi connectivity index (χ1v) is 4.56. The highest BCUT2D eigenvalue weighted by molar-refractivity contribution is 5.86. The number of carbonyl (C=O) groups excluding carboxylic acids is 1. The van der Waals surface area contributed by atoms with E-state index >= 15 is 0 Å². The second-order valence-corrected chi connectivity index (χ2v) is 3.67. The predicted molar refractivity (Wildman–Crippen MR) is 49.4 cm³/mol. The largest absolute Gasteiger partial charge is 0.415 e.